The molecule has 0 spiro atoms. The number of carbonyl (C=O) groups excluding carboxylic acids is 1. The molecule has 0 aliphatic rings. The van der Waals surface area contributed by atoms with Crippen LogP contribution in [0.2, 0.25) is 0 Å². The molecule has 1 unspecified atom stereocenters. The predicted molar refractivity (Wildman–Crippen MR) is 89.7 cm³/mol. The minimum Gasteiger partial charge on any atom is -0.369 e. The monoisotopic (exact) mass is 310 g/mol. The summed E-state index contributed by atoms with van der Waals surface area (Å²) in [7, 11) is 0. The smallest absolute Gasteiger partial charge is 0.224 e. The van der Waals surface area contributed by atoms with Gasteiger partial charge in [-0.3, -0.25) is 9.79 Å². The Morgan fingerprint density at radius 1 is 1.48 bits per heavy atom. The van der Waals surface area contributed by atoms with Crippen molar-refractivity contribution >= 4 is 23.2 Å². The first kappa shape index (κ1) is 17.5. The van der Waals surface area contributed by atoms with Gasteiger partial charge in [0.15, 0.2) is 5.96 Å². The Labute approximate surface area is 131 Å². The van der Waals surface area contributed by atoms with Crippen molar-refractivity contribution < 1.29 is 4.79 Å². The zero-order valence-electron chi connectivity index (χ0n) is 13.3. The number of nitrogens with two attached hydrogens (primary N) is 1. The number of amides is 1. The van der Waals surface area contributed by atoms with Gasteiger partial charge in [0.1, 0.15) is 0 Å². The van der Waals surface area contributed by atoms with Gasteiger partial charge in [0.05, 0.1) is 12.0 Å². The molecule has 0 aliphatic carbocycles. The van der Waals surface area contributed by atoms with Crippen LogP contribution in [-0.4, -0.2) is 31.5 Å². The molecule has 1 rings (SSSR count). The van der Waals surface area contributed by atoms with Gasteiger partial charge in [-0.05, 0) is 49.1 Å². The Kier molecular flexibility index (Phi) is 6.68. The van der Waals surface area contributed by atoms with Crippen molar-refractivity contribution in [1.82, 2.24) is 10.6 Å². The van der Waals surface area contributed by atoms with Gasteiger partial charge in [-0.1, -0.05) is 6.92 Å². The van der Waals surface area contributed by atoms with Crippen LogP contribution in [0.3, 0.4) is 0 Å². The molecule has 4 N–H and O–H groups in total. The lowest BCUT2D eigenvalue weighted by molar-refractivity contribution is -0.125. The van der Waals surface area contributed by atoms with Crippen molar-refractivity contribution in [2.24, 2.45) is 16.1 Å². The van der Waals surface area contributed by atoms with Crippen LogP contribution in [0.1, 0.15) is 39.2 Å². The van der Waals surface area contributed by atoms with Crippen LogP contribution in [0.4, 0.5) is 0 Å². The van der Waals surface area contributed by atoms with E-state index >= 15 is 0 Å². The number of aliphatic imine (C=N–C) groups is 1. The number of guanidine groups is 1. The molecule has 0 bridgehead atoms. The van der Waals surface area contributed by atoms with E-state index in [1.54, 1.807) is 25.2 Å². The van der Waals surface area contributed by atoms with E-state index in [1.165, 1.54) is 5.56 Å². The van der Waals surface area contributed by atoms with Crippen molar-refractivity contribution in [1.29, 1.82) is 0 Å². The van der Waals surface area contributed by atoms with E-state index in [0.29, 0.717) is 18.4 Å². The zero-order valence-corrected chi connectivity index (χ0v) is 14.1. The number of hydrogen-bond acceptors (Lipinski definition) is 3. The maximum atomic E-state index is 11.3. The summed E-state index contributed by atoms with van der Waals surface area (Å²) >= 11 is 1.70. The normalized spacial score (nSPS) is 13.8. The van der Waals surface area contributed by atoms with Crippen LogP contribution < -0.4 is 16.4 Å². The third-order valence-corrected chi connectivity index (χ3v) is 4.03. The fourth-order valence-corrected chi connectivity index (χ4v) is 2.40. The van der Waals surface area contributed by atoms with Crippen LogP contribution in [-0.2, 0) is 4.79 Å². The molecular formula is C15H26N4OS. The van der Waals surface area contributed by atoms with Gasteiger partial charge in [0, 0.05) is 13.1 Å². The average Bonchev–Trinajstić information content (AvgIpc) is 2.95. The van der Waals surface area contributed by atoms with Crippen molar-refractivity contribution in [3.8, 4) is 0 Å². The highest BCUT2D eigenvalue weighted by Crippen LogP contribution is 2.17. The Balaban J connectivity index is 2.59. The molecule has 5 nitrogen and oxygen atoms in total. The Morgan fingerprint density at radius 2 is 2.19 bits per heavy atom. The van der Waals surface area contributed by atoms with Gasteiger partial charge in [0.2, 0.25) is 5.91 Å². The summed E-state index contributed by atoms with van der Waals surface area (Å²) in [4.78, 5) is 15.8. The lowest BCUT2D eigenvalue weighted by Crippen LogP contribution is -2.41. The number of carbonyl (C=O) groups is 1. The molecule has 1 heterocycles. The summed E-state index contributed by atoms with van der Waals surface area (Å²) < 4.78 is 0. The van der Waals surface area contributed by atoms with Crippen molar-refractivity contribution in [3.05, 3.63) is 22.4 Å². The first-order valence-electron chi connectivity index (χ1n) is 7.21. The summed E-state index contributed by atoms with van der Waals surface area (Å²) in [5.74, 6) is 0.784. The van der Waals surface area contributed by atoms with Gasteiger partial charge in [0.25, 0.3) is 0 Å². The lowest BCUT2D eigenvalue weighted by atomic mass is 9.93. The van der Waals surface area contributed by atoms with Gasteiger partial charge in [-0.15, -0.1) is 0 Å². The first-order chi connectivity index (χ1) is 9.86. The van der Waals surface area contributed by atoms with Gasteiger partial charge in [-0.25, -0.2) is 0 Å². The van der Waals surface area contributed by atoms with Crippen LogP contribution in [0.15, 0.2) is 21.8 Å². The Hall–Kier alpha value is -1.56. The molecule has 118 valence electrons. The quantitative estimate of drug-likeness (QED) is 0.532. The minimum absolute atomic E-state index is 0.339. The average molecular weight is 310 g/mol. The van der Waals surface area contributed by atoms with Crippen molar-refractivity contribution in [2.75, 3.05) is 19.6 Å². The molecule has 0 saturated carbocycles. The van der Waals surface area contributed by atoms with E-state index in [4.69, 9.17) is 5.73 Å². The van der Waals surface area contributed by atoms with E-state index in [1.807, 2.05) is 6.92 Å². The lowest BCUT2D eigenvalue weighted by Gasteiger charge is -2.20. The summed E-state index contributed by atoms with van der Waals surface area (Å²) in [5, 5.41) is 10.7. The van der Waals surface area contributed by atoms with Crippen LogP contribution in [0, 0.1) is 5.41 Å². The minimum atomic E-state index is -0.638. The van der Waals surface area contributed by atoms with E-state index < -0.39 is 5.41 Å². The molecular weight excluding hydrogens is 284 g/mol. The molecule has 1 atom stereocenters. The summed E-state index contributed by atoms with van der Waals surface area (Å²) in [5.41, 5.74) is 6.05. The predicted octanol–water partition coefficient (Wildman–Crippen LogP) is 1.92. The fraction of sp³-hybridized carbons (Fsp3) is 0.600. The third kappa shape index (κ3) is 5.75. The molecule has 0 fully saturated rings. The molecule has 0 saturated heterocycles. The maximum absolute atomic E-state index is 11.3. The number of thiophene rings is 1. The van der Waals surface area contributed by atoms with Crippen LogP contribution >= 0.6 is 11.3 Å². The molecule has 1 aromatic heterocycles. The summed E-state index contributed by atoms with van der Waals surface area (Å²) in [6.45, 7) is 9.72. The Morgan fingerprint density at radius 3 is 2.71 bits per heavy atom. The first-order valence-corrected chi connectivity index (χ1v) is 8.15. The van der Waals surface area contributed by atoms with Crippen LogP contribution in [0.5, 0.6) is 0 Å². The van der Waals surface area contributed by atoms with E-state index in [9.17, 15) is 4.79 Å². The summed E-state index contributed by atoms with van der Waals surface area (Å²) in [6, 6.07) is 2.14. The van der Waals surface area contributed by atoms with Gasteiger partial charge >= 0.3 is 0 Å². The summed E-state index contributed by atoms with van der Waals surface area (Å²) in [6.07, 6.45) is 0. The molecule has 0 aromatic carbocycles. The highest BCUT2D eigenvalue weighted by molar-refractivity contribution is 7.07. The molecule has 0 aliphatic heterocycles. The number of hydrogen-bond donors (Lipinski definition) is 3. The molecule has 0 radical (unpaired) electrons. The van der Waals surface area contributed by atoms with E-state index in [2.05, 4.69) is 39.4 Å². The second-order valence-corrected chi connectivity index (χ2v) is 6.56. The van der Waals surface area contributed by atoms with Crippen molar-refractivity contribution in [3.63, 3.8) is 0 Å². The van der Waals surface area contributed by atoms with E-state index in [0.717, 1.165) is 13.1 Å². The number of primary amides is 1. The van der Waals surface area contributed by atoms with Crippen molar-refractivity contribution in [2.45, 2.75) is 33.6 Å². The number of nitrogens with one attached hydrogen (secondary N) is 2. The topological polar surface area (TPSA) is 79.5 Å². The zero-order chi connectivity index (χ0) is 15.9. The highest BCUT2D eigenvalue weighted by atomic mass is 32.1. The Bertz CT molecular complexity index is 468. The highest BCUT2D eigenvalue weighted by Gasteiger charge is 2.24. The fourth-order valence-electron chi connectivity index (χ4n) is 1.62. The van der Waals surface area contributed by atoms with E-state index in [-0.39, 0.29) is 5.91 Å². The second-order valence-electron chi connectivity index (χ2n) is 5.78. The standard InChI is InChI=1S/C15H26N4OS/c1-5-17-14(19-10-15(3,4)13(16)20)18-8-11(2)12-6-7-21-9-12/h6-7,9,11H,5,8,10H2,1-4H3,(H2,16,20)(H2,17,18,19). The molecule has 1 aromatic rings. The molecule has 1 amide bonds. The number of nitrogens with zero attached hydrogens (tertiary/aromatic N) is 1. The largest absolute Gasteiger partial charge is 0.369 e. The third-order valence-electron chi connectivity index (χ3n) is 3.33. The molecule has 6 heteroatoms. The second kappa shape index (κ2) is 8.02. The van der Waals surface area contributed by atoms with Crippen LogP contribution in [0.25, 0.3) is 0 Å². The molecule has 21 heavy (non-hydrogen) atoms. The van der Waals surface area contributed by atoms with Gasteiger partial charge in [-0.2, -0.15) is 11.3 Å². The number of rotatable bonds is 7. The SMILES string of the molecule is CCNC(=NCC(C)(C)C(N)=O)NCC(C)c1ccsc1. The maximum Gasteiger partial charge on any atom is 0.224 e. The van der Waals surface area contributed by atoms with Gasteiger partial charge < -0.3 is 16.4 Å².